The summed E-state index contributed by atoms with van der Waals surface area (Å²) in [5, 5.41) is 6.78. The molecular weight excluding hydrogens is 288 g/mol. The van der Waals surface area contributed by atoms with Crippen LogP contribution in [0, 0.1) is 0 Å². The highest BCUT2D eigenvalue weighted by Crippen LogP contribution is 2.31. The van der Waals surface area contributed by atoms with Gasteiger partial charge in [-0.25, -0.2) is 9.78 Å². The van der Waals surface area contributed by atoms with E-state index in [0.717, 1.165) is 23.4 Å². The third kappa shape index (κ3) is 3.02. The molecule has 1 saturated heterocycles. The molecule has 0 radical (unpaired) electrons. The standard InChI is InChI=1S/C14H16N4O2S/c1-21-10-4-5-13(15-9-10)16-14(19)18-7-2-3-12(18)11-6-8-20-17-11/h4-6,8-9,12H,2-3,7H2,1H3,(H,15,16,19)/t12-/m1/s1. The predicted octanol–water partition coefficient (Wildman–Crippen LogP) is 3.16. The Morgan fingerprint density at radius 1 is 1.48 bits per heavy atom. The molecule has 2 amide bonds. The number of likely N-dealkylation sites (tertiary alicyclic amines) is 1. The number of nitrogens with one attached hydrogen (secondary N) is 1. The molecule has 1 atom stereocenters. The molecule has 3 heterocycles. The Labute approximate surface area is 126 Å². The van der Waals surface area contributed by atoms with Gasteiger partial charge in [-0.1, -0.05) is 5.16 Å². The minimum absolute atomic E-state index is 0.0192. The molecule has 1 aliphatic rings. The summed E-state index contributed by atoms with van der Waals surface area (Å²) in [4.78, 5) is 19.5. The zero-order valence-electron chi connectivity index (χ0n) is 11.7. The number of carbonyl (C=O) groups is 1. The number of amides is 2. The molecule has 1 aliphatic heterocycles. The summed E-state index contributed by atoms with van der Waals surface area (Å²) in [6, 6.07) is 5.39. The lowest BCUT2D eigenvalue weighted by molar-refractivity contribution is 0.204. The Kier molecular flexibility index (Phi) is 4.10. The van der Waals surface area contributed by atoms with Gasteiger partial charge in [-0.15, -0.1) is 11.8 Å². The van der Waals surface area contributed by atoms with E-state index >= 15 is 0 Å². The molecule has 0 aromatic carbocycles. The fourth-order valence-electron chi connectivity index (χ4n) is 2.47. The molecule has 0 saturated carbocycles. The van der Waals surface area contributed by atoms with Crippen molar-refractivity contribution in [3.63, 3.8) is 0 Å². The summed E-state index contributed by atoms with van der Waals surface area (Å²) in [6.07, 6.45) is 7.14. The topological polar surface area (TPSA) is 71.3 Å². The van der Waals surface area contributed by atoms with Gasteiger partial charge in [0, 0.05) is 23.7 Å². The Balaban J connectivity index is 1.69. The van der Waals surface area contributed by atoms with Gasteiger partial charge in [0.1, 0.15) is 17.8 Å². The van der Waals surface area contributed by atoms with Gasteiger partial charge < -0.3 is 9.42 Å². The van der Waals surface area contributed by atoms with Gasteiger partial charge in [0.25, 0.3) is 0 Å². The van der Waals surface area contributed by atoms with E-state index in [0.29, 0.717) is 12.4 Å². The first-order valence-electron chi connectivity index (χ1n) is 6.76. The molecule has 1 N–H and O–H groups in total. The van der Waals surface area contributed by atoms with E-state index in [1.54, 1.807) is 22.9 Å². The van der Waals surface area contributed by atoms with Crippen molar-refractivity contribution < 1.29 is 9.32 Å². The van der Waals surface area contributed by atoms with Crippen LogP contribution in [-0.2, 0) is 0 Å². The second kappa shape index (κ2) is 6.17. The van der Waals surface area contributed by atoms with E-state index in [-0.39, 0.29) is 12.1 Å². The smallest absolute Gasteiger partial charge is 0.323 e. The number of aromatic nitrogens is 2. The van der Waals surface area contributed by atoms with Crippen LogP contribution < -0.4 is 5.32 Å². The number of pyridine rings is 1. The van der Waals surface area contributed by atoms with Gasteiger partial charge in [0.15, 0.2) is 0 Å². The van der Waals surface area contributed by atoms with E-state index in [1.165, 1.54) is 6.26 Å². The summed E-state index contributed by atoms with van der Waals surface area (Å²) < 4.78 is 4.88. The zero-order chi connectivity index (χ0) is 14.7. The molecule has 110 valence electrons. The SMILES string of the molecule is CSc1ccc(NC(=O)N2CCC[C@@H]2c2ccon2)nc1. The van der Waals surface area contributed by atoms with Gasteiger partial charge in [-0.05, 0) is 31.2 Å². The lowest BCUT2D eigenvalue weighted by Gasteiger charge is -2.23. The first kappa shape index (κ1) is 13.9. The molecule has 3 rings (SSSR count). The number of thioether (sulfide) groups is 1. The Morgan fingerprint density at radius 3 is 3.05 bits per heavy atom. The van der Waals surface area contributed by atoms with Crippen LogP contribution in [0.4, 0.5) is 10.6 Å². The average Bonchev–Trinajstić information content (AvgIpc) is 3.18. The molecule has 2 aromatic heterocycles. The minimum atomic E-state index is -0.148. The van der Waals surface area contributed by atoms with Crippen molar-refractivity contribution in [3.05, 3.63) is 36.4 Å². The van der Waals surface area contributed by atoms with Crippen molar-refractivity contribution in [2.24, 2.45) is 0 Å². The maximum absolute atomic E-state index is 12.4. The number of rotatable bonds is 3. The predicted molar refractivity (Wildman–Crippen MR) is 80.2 cm³/mol. The number of anilines is 1. The van der Waals surface area contributed by atoms with Crippen LogP contribution in [0.25, 0.3) is 0 Å². The van der Waals surface area contributed by atoms with E-state index in [9.17, 15) is 4.79 Å². The summed E-state index contributed by atoms with van der Waals surface area (Å²) in [6.45, 7) is 0.715. The van der Waals surface area contributed by atoms with E-state index in [2.05, 4.69) is 15.5 Å². The zero-order valence-corrected chi connectivity index (χ0v) is 12.5. The lowest BCUT2D eigenvalue weighted by atomic mass is 10.1. The summed E-state index contributed by atoms with van der Waals surface area (Å²) >= 11 is 1.62. The van der Waals surface area contributed by atoms with Crippen molar-refractivity contribution in [1.29, 1.82) is 0 Å². The maximum Gasteiger partial charge on any atom is 0.323 e. The minimum Gasteiger partial charge on any atom is -0.364 e. The monoisotopic (exact) mass is 304 g/mol. The number of nitrogens with zero attached hydrogens (tertiary/aromatic N) is 3. The highest BCUT2D eigenvalue weighted by molar-refractivity contribution is 7.98. The number of hydrogen-bond acceptors (Lipinski definition) is 5. The van der Waals surface area contributed by atoms with Crippen molar-refractivity contribution in [1.82, 2.24) is 15.0 Å². The molecule has 0 aliphatic carbocycles. The lowest BCUT2D eigenvalue weighted by Crippen LogP contribution is -2.34. The van der Waals surface area contributed by atoms with Gasteiger partial charge in [-0.2, -0.15) is 0 Å². The molecule has 6 nitrogen and oxygen atoms in total. The largest absolute Gasteiger partial charge is 0.364 e. The number of urea groups is 1. The van der Waals surface area contributed by atoms with Crippen molar-refractivity contribution in [2.45, 2.75) is 23.8 Å². The van der Waals surface area contributed by atoms with Crippen molar-refractivity contribution in [3.8, 4) is 0 Å². The molecule has 21 heavy (non-hydrogen) atoms. The van der Waals surface area contributed by atoms with Gasteiger partial charge in [-0.3, -0.25) is 5.32 Å². The van der Waals surface area contributed by atoms with E-state index < -0.39 is 0 Å². The second-order valence-corrected chi connectivity index (χ2v) is 5.67. The van der Waals surface area contributed by atoms with Crippen LogP contribution in [0.3, 0.4) is 0 Å². The van der Waals surface area contributed by atoms with Gasteiger partial charge in [0.05, 0.1) is 6.04 Å². The average molecular weight is 304 g/mol. The van der Waals surface area contributed by atoms with Crippen LogP contribution in [0.1, 0.15) is 24.6 Å². The van der Waals surface area contributed by atoms with Crippen LogP contribution in [0.15, 0.2) is 40.1 Å². The quantitative estimate of drug-likeness (QED) is 0.882. The van der Waals surface area contributed by atoms with Crippen LogP contribution >= 0.6 is 11.8 Å². The van der Waals surface area contributed by atoms with E-state index in [1.807, 2.05) is 24.5 Å². The molecule has 0 unspecified atom stereocenters. The van der Waals surface area contributed by atoms with Crippen LogP contribution in [0.5, 0.6) is 0 Å². The fraction of sp³-hybridized carbons (Fsp3) is 0.357. The first-order chi connectivity index (χ1) is 10.3. The van der Waals surface area contributed by atoms with Crippen LogP contribution in [-0.4, -0.2) is 33.9 Å². The molecule has 2 aromatic rings. The van der Waals surface area contributed by atoms with E-state index in [4.69, 9.17) is 4.52 Å². The van der Waals surface area contributed by atoms with Gasteiger partial charge >= 0.3 is 6.03 Å². The first-order valence-corrected chi connectivity index (χ1v) is 7.98. The number of carbonyl (C=O) groups excluding carboxylic acids is 1. The maximum atomic E-state index is 12.4. The molecular formula is C14H16N4O2S. The summed E-state index contributed by atoms with van der Waals surface area (Å²) in [5.41, 5.74) is 0.799. The summed E-state index contributed by atoms with van der Waals surface area (Å²) in [7, 11) is 0. The molecule has 0 spiro atoms. The highest BCUT2D eigenvalue weighted by atomic mass is 32.2. The highest BCUT2D eigenvalue weighted by Gasteiger charge is 2.31. The normalized spacial score (nSPS) is 18.0. The third-order valence-electron chi connectivity index (χ3n) is 3.52. The fourth-order valence-corrected chi connectivity index (χ4v) is 2.83. The number of hydrogen-bond donors (Lipinski definition) is 1. The summed E-state index contributed by atoms with van der Waals surface area (Å²) in [5.74, 6) is 0.559. The Bertz CT molecular complexity index is 600. The van der Waals surface area contributed by atoms with Gasteiger partial charge in [0.2, 0.25) is 0 Å². The second-order valence-electron chi connectivity index (χ2n) is 4.79. The molecule has 7 heteroatoms. The van der Waals surface area contributed by atoms with Crippen LogP contribution in [0.2, 0.25) is 0 Å². The third-order valence-corrected chi connectivity index (χ3v) is 4.23. The Hall–Kier alpha value is -2.02. The van der Waals surface area contributed by atoms with Crippen molar-refractivity contribution >= 4 is 23.6 Å². The molecule has 0 bridgehead atoms. The molecule has 1 fully saturated rings. The Morgan fingerprint density at radius 2 is 2.38 bits per heavy atom. The van der Waals surface area contributed by atoms with Crippen molar-refractivity contribution in [2.75, 3.05) is 18.1 Å².